The largest absolute Gasteiger partial charge is 0.489 e. The minimum atomic E-state index is -0.391. The van der Waals surface area contributed by atoms with Crippen LogP contribution in [-0.2, 0) is 16.2 Å². The molecule has 1 saturated heterocycles. The van der Waals surface area contributed by atoms with Crippen molar-refractivity contribution < 1.29 is 19.4 Å². The predicted octanol–water partition coefficient (Wildman–Crippen LogP) is 3.55. The molecule has 1 aliphatic heterocycles. The van der Waals surface area contributed by atoms with Crippen LogP contribution in [0.3, 0.4) is 0 Å². The highest BCUT2D eigenvalue weighted by Gasteiger charge is 2.27. The Balaban J connectivity index is 1.57. The normalized spacial score (nSPS) is 15.9. The number of anilines is 1. The van der Waals surface area contributed by atoms with Crippen molar-refractivity contribution >= 4 is 17.5 Å². The first-order chi connectivity index (χ1) is 16.8. The Morgan fingerprint density at radius 3 is 2.37 bits per heavy atom. The van der Waals surface area contributed by atoms with Crippen molar-refractivity contribution in [3.8, 4) is 5.75 Å². The molecule has 0 bridgehead atoms. The quantitative estimate of drug-likeness (QED) is 0.484. The lowest BCUT2D eigenvalue weighted by atomic mass is 10.00. The van der Waals surface area contributed by atoms with Gasteiger partial charge >= 0.3 is 0 Å². The number of likely N-dealkylation sites (tertiary alicyclic amines) is 1. The molecule has 1 radical (unpaired) electrons. The molecule has 2 aromatic carbocycles. The minimum absolute atomic E-state index is 0.0352. The molecule has 0 spiro atoms. The van der Waals surface area contributed by atoms with Gasteiger partial charge in [-0.2, -0.15) is 0 Å². The number of ether oxygens (including phenoxy) is 1. The van der Waals surface area contributed by atoms with Crippen LogP contribution in [0.2, 0.25) is 0 Å². The minimum Gasteiger partial charge on any atom is -0.489 e. The van der Waals surface area contributed by atoms with Crippen molar-refractivity contribution in [1.29, 1.82) is 0 Å². The topological polar surface area (TPSA) is 96.1 Å². The maximum atomic E-state index is 12.5. The molecule has 7 heteroatoms. The zero-order valence-corrected chi connectivity index (χ0v) is 20.8. The molecule has 3 rings (SSSR count). The summed E-state index contributed by atoms with van der Waals surface area (Å²) in [4.78, 5) is 28.0. The Labute approximate surface area is 208 Å². The Hall–Kier alpha value is -3.06. The van der Waals surface area contributed by atoms with Crippen LogP contribution in [-0.4, -0.2) is 53.6 Å². The molecular formula is C28H38N3O4. The first-order valence-electron chi connectivity index (χ1n) is 12.5. The predicted molar refractivity (Wildman–Crippen MR) is 138 cm³/mol. The number of amides is 2. The third-order valence-corrected chi connectivity index (χ3v) is 6.55. The number of rotatable bonds is 12. The van der Waals surface area contributed by atoms with Crippen LogP contribution in [0.4, 0.5) is 5.69 Å². The molecule has 0 aliphatic carbocycles. The molecule has 35 heavy (non-hydrogen) atoms. The summed E-state index contributed by atoms with van der Waals surface area (Å²) in [6.07, 6.45) is 3.93. The number of nitrogens with zero attached hydrogens (tertiary/aromatic N) is 2. The number of aliphatic hydroxyl groups excluding tert-OH is 1. The highest BCUT2D eigenvalue weighted by Crippen LogP contribution is 2.27. The monoisotopic (exact) mass is 480 g/mol. The summed E-state index contributed by atoms with van der Waals surface area (Å²) in [5.41, 5.74) is 7.51. The highest BCUT2D eigenvalue weighted by atomic mass is 16.5. The van der Waals surface area contributed by atoms with Gasteiger partial charge in [-0.15, -0.1) is 0 Å². The molecule has 1 aliphatic rings. The summed E-state index contributed by atoms with van der Waals surface area (Å²) in [6, 6.07) is 18.5. The average molecular weight is 481 g/mol. The van der Waals surface area contributed by atoms with Gasteiger partial charge in [0.15, 0.2) is 0 Å². The second kappa shape index (κ2) is 13.1. The van der Waals surface area contributed by atoms with Gasteiger partial charge in [-0.25, -0.2) is 0 Å². The van der Waals surface area contributed by atoms with E-state index in [4.69, 9.17) is 10.5 Å². The number of benzene rings is 2. The Bertz CT molecular complexity index is 925. The van der Waals surface area contributed by atoms with Gasteiger partial charge in [0.2, 0.25) is 11.8 Å². The van der Waals surface area contributed by atoms with E-state index in [0.29, 0.717) is 32.5 Å². The van der Waals surface area contributed by atoms with E-state index in [1.165, 1.54) is 0 Å². The number of hydrogen-bond donors (Lipinski definition) is 2. The van der Waals surface area contributed by atoms with Gasteiger partial charge in [-0.3, -0.25) is 9.59 Å². The fraction of sp³-hybridized carbons (Fsp3) is 0.464. The average Bonchev–Trinajstić information content (AvgIpc) is 2.87. The van der Waals surface area contributed by atoms with E-state index in [0.717, 1.165) is 36.4 Å². The summed E-state index contributed by atoms with van der Waals surface area (Å²) in [6.45, 7) is 6.12. The zero-order valence-electron chi connectivity index (χ0n) is 20.8. The van der Waals surface area contributed by atoms with Gasteiger partial charge in [-0.05, 0) is 62.4 Å². The summed E-state index contributed by atoms with van der Waals surface area (Å²) in [7, 11) is 0. The van der Waals surface area contributed by atoms with Crippen LogP contribution < -0.4 is 15.4 Å². The van der Waals surface area contributed by atoms with Crippen LogP contribution in [0.5, 0.6) is 5.75 Å². The van der Waals surface area contributed by atoms with E-state index >= 15 is 0 Å². The van der Waals surface area contributed by atoms with Crippen LogP contribution in [0.15, 0.2) is 54.6 Å². The molecule has 2 aromatic rings. The molecule has 2 atom stereocenters. The van der Waals surface area contributed by atoms with Crippen molar-refractivity contribution in [3.05, 3.63) is 66.6 Å². The van der Waals surface area contributed by atoms with Gasteiger partial charge in [0.25, 0.3) is 0 Å². The molecule has 1 fully saturated rings. The van der Waals surface area contributed by atoms with Gasteiger partial charge in [0.05, 0.1) is 12.5 Å². The smallest absolute Gasteiger partial charge is 0.226 e. The lowest BCUT2D eigenvalue weighted by molar-refractivity contribution is -0.129. The summed E-state index contributed by atoms with van der Waals surface area (Å²) < 4.78 is 5.93. The maximum absolute atomic E-state index is 12.5. The Morgan fingerprint density at radius 2 is 1.77 bits per heavy atom. The van der Waals surface area contributed by atoms with E-state index in [1.54, 1.807) is 13.3 Å². The van der Waals surface area contributed by atoms with E-state index in [1.807, 2.05) is 54.3 Å². The lowest BCUT2D eigenvalue weighted by Gasteiger charge is -2.40. The molecule has 0 aromatic heterocycles. The molecular weight excluding hydrogens is 442 g/mol. The molecule has 0 saturated carbocycles. The van der Waals surface area contributed by atoms with Gasteiger partial charge in [0, 0.05) is 37.3 Å². The fourth-order valence-corrected chi connectivity index (χ4v) is 4.24. The van der Waals surface area contributed by atoms with Crippen LogP contribution >= 0.6 is 0 Å². The standard InChI is InChI=1S/C28H38N3O4/c1-21(28(29)34)8-13-27(33)30-17-15-25(16-18-30)31(19-14-22(2)32)24-9-11-26(12-10-24)35-20-23-6-4-3-5-7-23/h3-7,9-13,21-22,25,32H,8,14-20H2,1-2H3,(H2,29,34). The van der Waals surface area contributed by atoms with E-state index < -0.39 is 5.91 Å². The van der Waals surface area contributed by atoms with E-state index in [2.05, 4.69) is 17.0 Å². The van der Waals surface area contributed by atoms with Crippen molar-refractivity contribution in [2.24, 2.45) is 11.7 Å². The molecule has 3 N–H and O–H groups in total. The Morgan fingerprint density at radius 1 is 1.11 bits per heavy atom. The van der Waals surface area contributed by atoms with E-state index in [-0.39, 0.29) is 24.0 Å². The second-order valence-corrected chi connectivity index (χ2v) is 9.40. The zero-order chi connectivity index (χ0) is 25.2. The number of carbonyl (C=O) groups is 2. The third kappa shape index (κ3) is 8.28. The number of primary amides is 1. The van der Waals surface area contributed by atoms with Crippen molar-refractivity contribution in [3.63, 3.8) is 0 Å². The molecule has 2 unspecified atom stereocenters. The number of nitrogens with two attached hydrogens (primary N) is 1. The van der Waals surface area contributed by atoms with Crippen molar-refractivity contribution in [2.75, 3.05) is 24.5 Å². The summed E-state index contributed by atoms with van der Waals surface area (Å²) in [5, 5.41) is 9.89. The number of hydrogen-bond acceptors (Lipinski definition) is 5. The van der Waals surface area contributed by atoms with Gasteiger partial charge < -0.3 is 25.4 Å². The number of carbonyl (C=O) groups excluding carboxylic acids is 2. The summed E-state index contributed by atoms with van der Waals surface area (Å²) in [5.74, 6) is 0.0475. The van der Waals surface area contributed by atoms with Gasteiger partial charge in [0.1, 0.15) is 12.4 Å². The van der Waals surface area contributed by atoms with Crippen LogP contribution in [0.1, 0.15) is 45.1 Å². The number of aliphatic hydroxyl groups is 1. The molecule has 2 amide bonds. The van der Waals surface area contributed by atoms with E-state index in [9.17, 15) is 14.7 Å². The molecule has 1 heterocycles. The maximum Gasteiger partial charge on any atom is 0.226 e. The van der Waals surface area contributed by atoms with Gasteiger partial charge in [-0.1, -0.05) is 37.3 Å². The molecule has 7 nitrogen and oxygen atoms in total. The van der Waals surface area contributed by atoms with Crippen LogP contribution in [0.25, 0.3) is 0 Å². The summed E-state index contributed by atoms with van der Waals surface area (Å²) >= 11 is 0. The number of piperidine rings is 1. The van der Waals surface area contributed by atoms with Crippen molar-refractivity contribution in [2.45, 2.75) is 58.3 Å². The molecule has 189 valence electrons. The fourth-order valence-electron chi connectivity index (χ4n) is 4.24. The first-order valence-corrected chi connectivity index (χ1v) is 12.5. The first kappa shape index (κ1) is 26.5. The Kier molecular flexibility index (Phi) is 9.97. The second-order valence-electron chi connectivity index (χ2n) is 9.40. The SMILES string of the molecule is CC(O)CCN(c1ccc(OCc2ccccc2)cc1)C1CCN(C(=O)[CH]CC(C)C(N)=O)CC1. The highest BCUT2D eigenvalue weighted by molar-refractivity contribution is 5.86. The third-order valence-electron chi connectivity index (χ3n) is 6.55. The lowest BCUT2D eigenvalue weighted by Crippen LogP contribution is -2.47. The van der Waals surface area contributed by atoms with Crippen molar-refractivity contribution in [1.82, 2.24) is 4.90 Å². The van der Waals surface area contributed by atoms with Crippen LogP contribution in [0, 0.1) is 12.3 Å².